The number of hydrogen-bond acceptors (Lipinski definition) is 10. The summed E-state index contributed by atoms with van der Waals surface area (Å²) >= 11 is 0. The first-order valence-electron chi connectivity index (χ1n) is 10.9. The lowest BCUT2D eigenvalue weighted by Crippen LogP contribution is -2.09. The average molecular weight is 536 g/mol. The molecule has 13 nitrogen and oxygen atoms in total. The fraction of sp³-hybridized carbons (Fsp3) is 0.0417. The molecular formula is C24H21N7O6S. The Labute approximate surface area is 216 Å². The van der Waals surface area contributed by atoms with E-state index in [0.29, 0.717) is 22.7 Å². The van der Waals surface area contributed by atoms with E-state index >= 15 is 0 Å². The minimum absolute atomic E-state index is 0.120. The molecule has 194 valence electrons. The summed E-state index contributed by atoms with van der Waals surface area (Å²) in [4.78, 5) is 35.3. The Kier molecular flexibility index (Phi) is 7.34. The van der Waals surface area contributed by atoms with Crippen molar-refractivity contribution >= 4 is 62.6 Å². The molecule has 4 aromatic rings. The second kappa shape index (κ2) is 10.8. The molecule has 3 aromatic carbocycles. The third-order valence-corrected chi connectivity index (χ3v) is 5.46. The number of carboxylic acids is 2. The van der Waals surface area contributed by atoms with E-state index in [0.717, 1.165) is 6.26 Å². The first kappa shape index (κ1) is 25.8. The van der Waals surface area contributed by atoms with Crippen LogP contribution in [0.15, 0.2) is 72.8 Å². The molecule has 0 fully saturated rings. The molecule has 6 N–H and O–H groups in total. The first-order valence-corrected chi connectivity index (χ1v) is 12.7. The fourth-order valence-corrected chi connectivity index (χ4v) is 3.72. The zero-order valence-electron chi connectivity index (χ0n) is 19.7. The van der Waals surface area contributed by atoms with Gasteiger partial charge >= 0.3 is 11.9 Å². The molecule has 0 saturated carbocycles. The molecule has 0 spiro atoms. The fourth-order valence-electron chi connectivity index (χ4n) is 3.16. The normalized spacial score (nSPS) is 10.9. The largest absolute Gasteiger partial charge is 0.478 e. The first-order chi connectivity index (χ1) is 18.0. The number of nitrogens with zero attached hydrogens (tertiary/aromatic N) is 3. The van der Waals surface area contributed by atoms with Crippen LogP contribution in [0.1, 0.15) is 20.7 Å². The second-order valence-electron chi connectivity index (χ2n) is 7.90. The van der Waals surface area contributed by atoms with Crippen molar-refractivity contribution in [3.8, 4) is 0 Å². The Balaban J connectivity index is 1.61. The lowest BCUT2D eigenvalue weighted by molar-refractivity contribution is 0.0686. The van der Waals surface area contributed by atoms with Gasteiger partial charge in [-0.1, -0.05) is 0 Å². The van der Waals surface area contributed by atoms with Gasteiger partial charge in [-0.3, -0.25) is 4.72 Å². The molecule has 0 saturated heterocycles. The van der Waals surface area contributed by atoms with Crippen LogP contribution in [0.4, 0.5) is 40.6 Å². The highest BCUT2D eigenvalue weighted by molar-refractivity contribution is 7.92. The van der Waals surface area contributed by atoms with E-state index in [1.54, 1.807) is 48.5 Å². The predicted molar refractivity (Wildman–Crippen MR) is 141 cm³/mol. The van der Waals surface area contributed by atoms with Crippen molar-refractivity contribution in [1.82, 2.24) is 15.0 Å². The number of carboxylic acid groups (broad SMARTS) is 2. The van der Waals surface area contributed by atoms with E-state index in [9.17, 15) is 18.0 Å². The molecule has 4 rings (SSSR count). The average Bonchev–Trinajstić information content (AvgIpc) is 2.85. The quantitative estimate of drug-likeness (QED) is 0.172. The zero-order valence-corrected chi connectivity index (χ0v) is 20.5. The van der Waals surface area contributed by atoms with Crippen molar-refractivity contribution in [2.75, 3.05) is 26.9 Å². The van der Waals surface area contributed by atoms with E-state index in [4.69, 9.17) is 10.2 Å². The van der Waals surface area contributed by atoms with Crippen molar-refractivity contribution in [2.24, 2.45) is 0 Å². The molecule has 0 bridgehead atoms. The van der Waals surface area contributed by atoms with E-state index in [-0.39, 0.29) is 29.0 Å². The number of anilines is 7. The van der Waals surface area contributed by atoms with Crippen molar-refractivity contribution in [1.29, 1.82) is 0 Å². The van der Waals surface area contributed by atoms with Crippen LogP contribution in [0.5, 0.6) is 0 Å². The highest BCUT2D eigenvalue weighted by Crippen LogP contribution is 2.22. The molecule has 0 atom stereocenters. The summed E-state index contributed by atoms with van der Waals surface area (Å²) < 4.78 is 25.2. The maximum absolute atomic E-state index is 11.4. The molecule has 0 unspecified atom stereocenters. The van der Waals surface area contributed by atoms with Crippen molar-refractivity contribution in [3.05, 3.63) is 83.9 Å². The van der Waals surface area contributed by atoms with Crippen LogP contribution in [0.2, 0.25) is 0 Å². The zero-order chi connectivity index (χ0) is 27.3. The van der Waals surface area contributed by atoms with Gasteiger partial charge in [-0.05, 0) is 72.8 Å². The molecule has 0 amide bonds. The number of aromatic nitrogens is 3. The van der Waals surface area contributed by atoms with Crippen LogP contribution in [0.3, 0.4) is 0 Å². The van der Waals surface area contributed by atoms with E-state index in [2.05, 4.69) is 35.6 Å². The topological polar surface area (TPSA) is 196 Å². The monoisotopic (exact) mass is 535 g/mol. The standard InChI is InChI=1S/C24H21N7O6S/c1-38(36,37)31-19-12-10-18(11-13-19)27-24-29-22(25-16-6-2-14(3-7-16)20(32)33)28-23(30-24)26-17-8-4-15(5-9-17)21(34)35/h2-13,31H,1H3,(H,32,33)(H,34,35)(H3,25,26,27,28,29,30). The third kappa shape index (κ3) is 7.14. The summed E-state index contributed by atoms with van der Waals surface area (Å²) in [5.41, 5.74) is 2.24. The number of carbonyl (C=O) groups is 2. The minimum atomic E-state index is -3.42. The van der Waals surface area contributed by atoms with Gasteiger partial charge < -0.3 is 26.2 Å². The van der Waals surface area contributed by atoms with Crippen LogP contribution in [-0.2, 0) is 10.0 Å². The Morgan fingerprint density at radius 1 is 0.579 bits per heavy atom. The summed E-state index contributed by atoms with van der Waals surface area (Å²) in [6.07, 6.45) is 1.05. The number of aromatic carboxylic acids is 2. The summed E-state index contributed by atoms with van der Waals surface area (Å²) in [5, 5.41) is 27.2. The molecule has 1 aromatic heterocycles. The molecule has 14 heteroatoms. The van der Waals surface area contributed by atoms with Crippen LogP contribution >= 0.6 is 0 Å². The summed E-state index contributed by atoms with van der Waals surface area (Å²) in [6.45, 7) is 0. The Morgan fingerprint density at radius 2 is 0.868 bits per heavy atom. The SMILES string of the molecule is CS(=O)(=O)Nc1ccc(Nc2nc(Nc3ccc(C(=O)O)cc3)nc(Nc3ccc(C(=O)O)cc3)n2)cc1. The number of hydrogen-bond donors (Lipinski definition) is 6. The molecular weight excluding hydrogens is 514 g/mol. The van der Waals surface area contributed by atoms with E-state index in [1.807, 2.05) is 0 Å². The highest BCUT2D eigenvalue weighted by atomic mass is 32.2. The van der Waals surface area contributed by atoms with Gasteiger partial charge in [-0.15, -0.1) is 0 Å². The molecule has 0 aliphatic heterocycles. The summed E-state index contributed by atoms with van der Waals surface area (Å²) in [6, 6.07) is 18.4. The molecule has 38 heavy (non-hydrogen) atoms. The molecule has 1 heterocycles. The summed E-state index contributed by atoms with van der Waals surface area (Å²) in [5.74, 6) is -1.71. The smallest absolute Gasteiger partial charge is 0.335 e. The van der Waals surface area contributed by atoms with Gasteiger partial charge in [0.05, 0.1) is 17.4 Å². The Bertz CT molecular complexity index is 1500. The Hall–Kier alpha value is -5.24. The molecule has 0 aliphatic rings. The van der Waals surface area contributed by atoms with Gasteiger partial charge in [0.1, 0.15) is 0 Å². The highest BCUT2D eigenvalue weighted by Gasteiger charge is 2.11. The van der Waals surface area contributed by atoms with Gasteiger partial charge in [0, 0.05) is 22.7 Å². The van der Waals surface area contributed by atoms with Gasteiger partial charge in [0.15, 0.2) is 0 Å². The maximum atomic E-state index is 11.4. The lowest BCUT2D eigenvalue weighted by Gasteiger charge is -2.12. The lowest BCUT2D eigenvalue weighted by atomic mass is 10.2. The number of benzene rings is 3. The van der Waals surface area contributed by atoms with Crippen LogP contribution < -0.4 is 20.7 Å². The molecule has 0 aliphatic carbocycles. The third-order valence-electron chi connectivity index (χ3n) is 4.86. The number of sulfonamides is 1. The summed E-state index contributed by atoms with van der Waals surface area (Å²) in [7, 11) is -3.42. The minimum Gasteiger partial charge on any atom is -0.478 e. The van der Waals surface area contributed by atoms with Gasteiger partial charge in [-0.2, -0.15) is 15.0 Å². The van der Waals surface area contributed by atoms with Crippen molar-refractivity contribution < 1.29 is 28.2 Å². The maximum Gasteiger partial charge on any atom is 0.335 e. The van der Waals surface area contributed by atoms with Crippen molar-refractivity contribution in [2.45, 2.75) is 0 Å². The van der Waals surface area contributed by atoms with E-state index in [1.165, 1.54) is 24.3 Å². The van der Waals surface area contributed by atoms with Crippen LogP contribution in [0.25, 0.3) is 0 Å². The molecule has 0 radical (unpaired) electrons. The van der Waals surface area contributed by atoms with Crippen LogP contribution in [-0.4, -0.2) is 51.8 Å². The number of rotatable bonds is 10. The predicted octanol–water partition coefficient (Wildman–Crippen LogP) is 3.87. The Morgan fingerprint density at radius 3 is 1.16 bits per heavy atom. The van der Waals surface area contributed by atoms with E-state index < -0.39 is 22.0 Å². The second-order valence-corrected chi connectivity index (χ2v) is 9.65. The van der Waals surface area contributed by atoms with Gasteiger partial charge in [0.2, 0.25) is 27.9 Å². The van der Waals surface area contributed by atoms with Crippen molar-refractivity contribution in [3.63, 3.8) is 0 Å². The van der Waals surface area contributed by atoms with Crippen LogP contribution in [0, 0.1) is 0 Å². The van der Waals surface area contributed by atoms with Gasteiger partial charge in [-0.25, -0.2) is 18.0 Å². The number of nitrogens with one attached hydrogen (secondary N) is 4. The van der Waals surface area contributed by atoms with Gasteiger partial charge in [0.25, 0.3) is 0 Å².